The van der Waals surface area contributed by atoms with Gasteiger partial charge in [0, 0.05) is 0 Å². The van der Waals surface area contributed by atoms with Crippen LogP contribution in [0, 0.1) is 5.82 Å². The lowest BCUT2D eigenvalue weighted by Gasteiger charge is -2.18. The quantitative estimate of drug-likeness (QED) is 0.908. The molecule has 14 heavy (non-hydrogen) atoms. The van der Waals surface area contributed by atoms with Crippen molar-refractivity contribution >= 4 is 15.9 Å². The number of benzene rings is 1. The van der Waals surface area contributed by atoms with Crippen LogP contribution in [0.1, 0.15) is 13.8 Å². The number of ether oxygens (including phenoxy) is 1. The maximum Gasteiger partial charge on any atom is 0.133 e. The molecule has 0 radical (unpaired) electrons. The van der Waals surface area contributed by atoms with Gasteiger partial charge >= 0.3 is 0 Å². The van der Waals surface area contributed by atoms with Crippen molar-refractivity contribution in [1.29, 1.82) is 0 Å². The molecule has 0 aliphatic carbocycles. The fourth-order valence-electron chi connectivity index (χ4n) is 0.847. The molecule has 0 amide bonds. The molecule has 1 N–H and O–H groups in total. The molecule has 1 rings (SSSR count). The first-order chi connectivity index (χ1) is 6.38. The van der Waals surface area contributed by atoms with Gasteiger partial charge in [0.1, 0.15) is 18.2 Å². The summed E-state index contributed by atoms with van der Waals surface area (Å²) in [5.41, 5.74) is -0.895. The molecule has 1 aromatic rings. The van der Waals surface area contributed by atoms with E-state index in [4.69, 9.17) is 4.74 Å². The molecule has 2 nitrogen and oxygen atoms in total. The van der Waals surface area contributed by atoms with E-state index in [-0.39, 0.29) is 12.4 Å². The number of hydrogen-bond acceptors (Lipinski definition) is 2. The van der Waals surface area contributed by atoms with Crippen molar-refractivity contribution in [2.24, 2.45) is 0 Å². The Labute approximate surface area is 90.8 Å². The van der Waals surface area contributed by atoms with E-state index in [1.54, 1.807) is 13.8 Å². The van der Waals surface area contributed by atoms with Crippen LogP contribution in [0.3, 0.4) is 0 Å². The predicted molar refractivity (Wildman–Crippen MR) is 55.9 cm³/mol. The maximum atomic E-state index is 12.7. The smallest absolute Gasteiger partial charge is 0.133 e. The van der Waals surface area contributed by atoms with Crippen LogP contribution < -0.4 is 4.74 Å². The average molecular weight is 263 g/mol. The average Bonchev–Trinajstić information content (AvgIpc) is 2.00. The van der Waals surface area contributed by atoms with E-state index in [1.165, 1.54) is 18.2 Å². The molecule has 0 aliphatic heterocycles. The van der Waals surface area contributed by atoms with E-state index in [2.05, 4.69) is 15.9 Å². The molecule has 0 saturated heterocycles. The van der Waals surface area contributed by atoms with E-state index >= 15 is 0 Å². The highest BCUT2D eigenvalue weighted by Gasteiger charge is 2.14. The van der Waals surface area contributed by atoms with Gasteiger partial charge in [0.05, 0.1) is 10.1 Å². The van der Waals surface area contributed by atoms with Gasteiger partial charge < -0.3 is 9.84 Å². The molecule has 0 bridgehead atoms. The van der Waals surface area contributed by atoms with Crippen molar-refractivity contribution in [2.45, 2.75) is 19.4 Å². The SMILES string of the molecule is CC(C)(O)COc1ccc(F)cc1Br. The Balaban J connectivity index is 2.68. The Bertz CT molecular complexity index is 320. The minimum Gasteiger partial charge on any atom is -0.489 e. The first kappa shape index (κ1) is 11.5. The summed E-state index contributed by atoms with van der Waals surface area (Å²) < 4.78 is 18.5. The zero-order valence-corrected chi connectivity index (χ0v) is 9.64. The molecule has 0 atom stereocenters. The van der Waals surface area contributed by atoms with Crippen molar-refractivity contribution < 1.29 is 14.2 Å². The van der Waals surface area contributed by atoms with Crippen LogP contribution in [-0.2, 0) is 0 Å². The summed E-state index contributed by atoms with van der Waals surface area (Å²) in [5, 5.41) is 9.41. The van der Waals surface area contributed by atoms with Crippen LogP contribution in [0.15, 0.2) is 22.7 Å². The fraction of sp³-hybridized carbons (Fsp3) is 0.400. The van der Waals surface area contributed by atoms with Crippen molar-refractivity contribution in [3.05, 3.63) is 28.5 Å². The highest BCUT2D eigenvalue weighted by molar-refractivity contribution is 9.10. The number of halogens is 2. The third-order valence-electron chi connectivity index (χ3n) is 1.47. The summed E-state index contributed by atoms with van der Waals surface area (Å²) in [5.74, 6) is 0.195. The molecule has 0 aromatic heterocycles. The molecule has 0 fully saturated rings. The highest BCUT2D eigenvalue weighted by atomic mass is 79.9. The zero-order valence-electron chi connectivity index (χ0n) is 8.05. The molecule has 1 aromatic carbocycles. The third-order valence-corrected chi connectivity index (χ3v) is 2.09. The van der Waals surface area contributed by atoms with Crippen LogP contribution in [-0.4, -0.2) is 17.3 Å². The van der Waals surface area contributed by atoms with Crippen LogP contribution in [0.4, 0.5) is 4.39 Å². The van der Waals surface area contributed by atoms with Crippen molar-refractivity contribution in [2.75, 3.05) is 6.61 Å². The Kier molecular flexibility index (Phi) is 3.50. The molecule has 0 saturated carbocycles. The summed E-state index contributed by atoms with van der Waals surface area (Å²) in [7, 11) is 0. The summed E-state index contributed by atoms with van der Waals surface area (Å²) in [6, 6.07) is 4.15. The van der Waals surface area contributed by atoms with Crippen molar-refractivity contribution in [3.8, 4) is 5.75 Å². The van der Waals surface area contributed by atoms with Gasteiger partial charge in [-0.2, -0.15) is 0 Å². The lowest BCUT2D eigenvalue weighted by Crippen LogP contribution is -2.27. The first-order valence-corrected chi connectivity index (χ1v) is 4.98. The predicted octanol–water partition coefficient (Wildman–Crippen LogP) is 2.74. The third kappa shape index (κ3) is 3.64. The van der Waals surface area contributed by atoms with Gasteiger partial charge in [0.15, 0.2) is 0 Å². The maximum absolute atomic E-state index is 12.7. The van der Waals surface area contributed by atoms with Gasteiger partial charge in [-0.15, -0.1) is 0 Å². The monoisotopic (exact) mass is 262 g/mol. The normalized spacial score (nSPS) is 11.5. The first-order valence-electron chi connectivity index (χ1n) is 4.19. The second-order valence-electron chi connectivity index (χ2n) is 3.68. The molecular formula is C10H12BrFO2. The van der Waals surface area contributed by atoms with E-state index in [9.17, 15) is 9.50 Å². The number of hydrogen-bond donors (Lipinski definition) is 1. The van der Waals surface area contributed by atoms with Crippen LogP contribution >= 0.6 is 15.9 Å². The lowest BCUT2D eigenvalue weighted by molar-refractivity contribution is 0.0282. The second kappa shape index (κ2) is 4.28. The topological polar surface area (TPSA) is 29.5 Å². The summed E-state index contributed by atoms with van der Waals surface area (Å²) in [6.45, 7) is 3.45. The Morgan fingerprint density at radius 1 is 1.50 bits per heavy atom. The Morgan fingerprint density at radius 3 is 2.64 bits per heavy atom. The molecule has 0 spiro atoms. The molecule has 0 heterocycles. The zero-order chi connectivity index (χ0) is 10.8. The molecule has 0 aliphatic rings. The van der Waals surface area contributed by atoms with E-state index in [0.29, 0.717) is 10.2 Å². The molecule has 4 heteroatoms. The van der Waals surface area contributed by atoms with Gasteiger partial charge in [0.2, 0.25) is 0 Å². The minimum atomic E-state index is -0.895. The standard InChI is InChI=1S/C10H12BrFO2/c1-10(2,13)6-14-9-4-3-7(12)5-8(9)11/h3-5,13H,6H2,1-2H3. The number of rotatable bonds is 3. The van der Waals surface area contributed by atoms with E-state index in [1.807, 2.05) is 0 Å². The summed E-state index contributed by atoms with van der Waals surface area (Å²) >= 11 is 3.17. The fourth-order valence-corrected chi connectivity index (χ4v) is 1.31. The largest absolute Gasteiger partial charge is 0.489 e. The highest BCUT2D eigenvalue weighted by Crippen LogP contribution is 2.26. The minimum absolute atomic E-state index is 0.164. The van der Waals surface area contributed by atoms with Gasteiger partial charge in [-0.3, -0.25) is 0 Å². The lowest BCUT2D eigenvalue weighted by atomic mass is 10.2. The van der Waals surface area contributed by atoms with Gasteiger partial charge in [0.25, 0.3) is 0 Å². The Hall–Kier alpha value is -0.610. The van der Waals surface area contributed by atoms with Crippen LogP contribution in [0.2, 0.25) is 0 Å². The molecule has 78 valence electrons. The van der Waals surface area contributed by atoms with Gasteiger partial charge in [-0.05, 0) is 48.0 Å². The van der Waals surface area contributed by atoms with Crippen molar-refractivity contribution in [3.63, 3.8) is 0 Å². The molecular weight excluding hydrogens is 251 g/mol. The van der Waals surface area contributed by atoms with Crippen LogP contribution in [0.25, 0.3) is 0 Å². The summed E-state index contributed by atoms with van der Waals surface area (Å²) in [4.78, 5) is 0. The van der Waals surface area contributed by atoms with E-state index in [0.717, 1.165) is 0 Å². The van der Waals surface area contributed by atoms with Crippen molar-refractivity contribution in [1.82, 2.24) is 0 Å². The van der Waals surface area contributed by atoms with Gasteiger partial charge in [-0.1, -0.05) is 0 Å². The Morgan fingerprint density at radius 2 is 2.14 bits per heavy atom. The summed E-state index contributed by atoms with van der Waals surface area (Å²) in [6.07, 6.45) is 0. The van der Waals surface area contributed by atoms with Gasteiger partial charge in [-0.25, -0.2) is 4.39 Å². The number of aliphatic hydroxyl groups is 1. The molecule has 0 unspecified atom stereocenters. The second-order valence-corrected chi connectivity index (χ2v) is 4.53. The van der Waals surface area contributed by atoms with Crippen LogP contribution in [0.5, 0.6) is 5.75 Å². The van der Waals surface area contributed by atoms with E-state index < -0.39 is 5.60 Å².